The molecule has 2 fully saturated rings. The maximum atomic E-state index is 12.2. The van der Waals surface area contributed by atoms with Gasteiger partial charge in [0.2, 0.25) is 0 Å². The molecule has 0 heterocycles. The Kier molecular flexibility index (Phi) is 8.63. The largest absolute Gasteiger partial charge is 0.251 e. The summed E-state index contributed by atoms with van der Waals surface area (Å²) in [4.78, 5) is 0. The van der Waals surface area contributed by atoms with Crippen molar-refractivity contribution in [3.8, 4) is 0 Å². The van der Waals surface area contributed by atoms with Crippen molar-refractivity contribution < 1.29 is 4.39 Å². The minimum Gasteiger partial charge on any atom is -0.251 e. The monoisotopic (exact) mass is 386 g/mol. The van der Waals surface area contributed by atoms with Gasteiger partial charge in [0.25, 0.3) is 0 Å². The van der Waals surface area contributed by atoms with Crippen LogP contribution < -0.4 is 5.19 Å². The molecule has 0 radical (unpaired) electrons. The Bertz CT molecular complexity index is 548. The molecule has 0 nitrogen and oxygen atoms in total. The van der Waals surface area contributed by atoms with Crippen LogP contribution in [0.5, 0.6) is 0 Å². The molecule has 2 heteroatoms. The Labute approximate surface area is 168 Å². The van der Waals surface area contributed by atoms with E-state index in [1.807, 2.05) is 0 Å². The summed E-state index contributed by atoms with van der Waals surface area (Å²) in [7, 11) is -0.00184. The number of hydrogen-bond donors (Lipinski definition) is 0. The van der Waals surface area contributed by atoms with E-state index in [4.69, 9.17) is 0 Å². The molecule has 0 aromatic heterocycles. The van der Waals surface area contributed by atoms with Crippen LogP contribution in [0, 0.1) is 17.8 Å². The highest BCUT2D eigenvalue weighted by Crippen LogP contribution is 2.44. The summed E-state index contributed by atoms with van der Waals surface area (Å²) in [5.74, 6) is 3.53. The number of unbranched alkanes of at least 4 members (excludes halogenated alkanes) is 1. The Hall–Kier alpha value is -0.893. The highest BCUT2D eigenvalue weighted by atomic mass is 28.2. The van der Waals surface area contributed by atoms with Crippen LogP contribution in [0.4, 0.5) is 4.39 Å². The van der Waals surface area contributed by atoms with Crippen molar-refractivity contribution in [1.29, 1.82) is 0 Å². The lowest BCUT2D eigenvalue weighted by atomic mass is 9.68. The van der Waals surface area contributed by atoms with Gasteiger partial charge in [-0.3, -0.25) is 4.39 Å². The topological polar surface area (TPSA) is 0 Å². The summed E-state index contributed by atoms with van der Waals surface area (Å²) in [5, 5.41) is 1.63. The maximum Gasteiger partial charge on any atom is 0.0897 e. The minimum atomic E-state index is -0.176. The van der Waals surface area contributed by atoms with Gasteiger partial charge in [-0.05, 0) is 93.4 Å². The molecule has 1 aromatic rings. The third kappa shape index (κ3) is 6.31. The third-order valence-corrected chi connectivity index (χ3v) is 8.71. The molecule has 0 N–H and O–H groups in total. The summed E-state index contributed by atoms with van der Waals surface area (Å²) in [6, 6.07) is 11.1. The molecule has 3 rings (SSSR count). The van der Waals surface area contributed by atoms with Crippen molar-refractivity contribution in [1.82, 2.24) is 0 Å². The standard InChI is InChI=1S/C25H39FSi/c1-2-27-25-17-15-24(16-18-25)23-13-11-22(12-14-23)21-9-7-20(8-10-21)6-4-3-5-19-26/h4,6,15-18,20-23H,2-3,5,7-14,19,27H2,1H3/b6-4+/t20-,21-,22?,23?. The molecule has 0 unspecified atom stereocenters. The highest BCUT2D eigenvalue weighted by Gasteiger charge is 2.30. The first-order valence-electron chi connectivity index (χ1n) is 11.6. The van der Waals surface area contributed by atoms with Gasteiger partial charge >= 0.3 is 0 Å². The van der Waals surface area contributed by atoms with E-state index >= 15 is 0 Å². The molecule has 2 saturated carbocycles. The average Bonchev–Trinajstić information content (AvgIpc) is 2.73. The Morgan fingerprint density at radius 2 is 1.56 bits per heavy atom. The van der Waals surface area contributed by atoms with Crippen molar-refractivity contribution in [2.24, 2.45) is 17.8 Å². The summed E-state index contributed by atoms with van der Waals surface area (Å²) >= 11 is 0. The van der Waals surface area contributed by atoms with Crippen LogP contribution in [-0.2, 0) is 0 Å². The molecule has 0 saturated heterocycles. The van der Waals surface area contributed by atoms with Crippen LogP contribution in [0.1, 0.15) is 82.6 Å². The van der Waals surface area contributed by atoms with Gasteiger partial charge in [-0.2, -0.15) is 0 Å². The minimum absolute atomic E-state index is 0.00184. The van der Waals surface area contributed by atoms with Crippen molar-refractivity contribution in [2.75, 3.05) is 6.67 Å². The molecular weight excluding hydrogens is 347 g/mol. The first-order chi connectivity index (χ1) is 13.3. The van der Waals surface area contributed by atoms with Gasteiger partial charge in [0.15, 0.2) is 0 Å². The molecule has 0 atom stereocenters. The lowest BCUT2D eigenvalue weighted by molar-refractivity contribution is 0.171. The molecule has 0 spiro atoms. The number of benzene rings is 1. The molecule has 2 aliphatic carbocycles. The second-order valence-electron chi connectivity index (χ2n) is 9.04. The number of hydrogen-bond acceptors (Lipinski definition) is 0. The molecule has 150 valence electrons. The molecule has 2 aliphatic rings. The van der Waals surface area contributed by atoms with Crippen LogP contribution in [0.15, 0.2) is 36.4 Å². The van der Waals surface area contributed by atoms with Gasteiger partial charge in [0.1, 0.15) is 0 Å². The van der Waals surface area contributed by atoms with Crippen LogP contribution in [-0.4, -0.2) is 16.2 Å². The number of alkyl halides is 1. The summed E-state index contributed by atoms with van der Waals surface area (Å²) < 4.78 is 12.2. The first-order valence-corrected chi connectivity index (χ1v) is 13.3. The Morgan fingerprint density at radius 3 is 2.15 bits per heavy atom. The second kappa shape index (κ2) is 11.2. The summed E-state index contributed by atoms with van der Waals surface area (Å²) in [6.07, 6.45) is 17.5. The maximum absolute atomic E-state index is 12.2. The number of halogens is 1. The zero-order valence-corrected chi connectivity index (χ0v) is 18.8. The van der Waals surface area contributed by atoms with E-state index in [1.54, 1.807) is 10.8 Å². The fraction of sp³-hybridized carbons (Fsp3) is 0.680. The molecule has 1 aromatic carbocycles. The van der Waals surface area contributed by atoms with E-state index in [-0.39, 0.29) is 16.2 Å². The van der Waals surface area contributed by atoms with E-state index in [1.165, 1.54) is 57.4 Å². The third-order valence-electron chi connectivity index (χ3n) is 7.16. The molecule has 0 bridgehead atoms. The zero-order valence-electron chi connectivity index (χ0n) is 17.3. The normalized spacial score (nSPS) is 29.7. The van der Waals surface area contributed by atoms with Crippen molar-refractivity contribution >= 4 is 14.7 Å². The van der Waals surface area contributed by atoms with Gasteiger partial charge < -0.3 is 0 Å². The Morgan fingerprint density at radius 1 is 0.926 bits per heavy atom. The summed E-state index contributed by atoms with van der Waals surface area (Å²) in [6.45, 7) is 2.14. The second-order valence-corrected chi connectivity index (χ2v) is 11.4. The average molecular weight is 387 g/mol. The first kappa shape index (κ1) is 20.8. The van der Waals surface area contributed by atoms with Crippen LogP contribution in [0.2, 0.25) is 6.04 Å². The van der Waals surface area contributed by atoms with E-state index < -0.39 is 0 Å². The van der Waals surface area contributed by atoms with Gasteiger partial charge in [0.05, 0.1) is 16.2 Å². The van der Waals surface area contributed by atoms with Crippen LogP contribution in [0.25, 0.3) is 0 Å². The van der Waals surface area contributed by atoms with Gasteiger partial charge in [0, 0.05) is 0 Å². The van der Waals surface area contributed by atoms with E-state index in [9.17, 15) is 4.39 Å². The quantitative estimate of drug-likeness (QED) is 0.279. The van der Waals surface area contributed by atoms with Gasteiger partial charge in [-0.25, -0.2) is 0 Å². The smallest absolute Gasteiger partial charge is 0.0897 e. The van der Waals surface area contributed by atoms with Gasteiger partial charge in [-0.1, -0.05) is 54.6 Å². The van der Waals surface area contributed by atoms with E-state index in [0.717, 1.165) is 30.1 Å². The highest BCUT2D eigenvalue weighted by molar-refractivity contribution is 6.53. The number of allylic oxidation sites excluding steroid dienone is 2. The predicted molar refractivity (Wildman–Crippen MR) is 120 cm³/mol. The van der Waals surface area contributed by atoms with Gasteiger partial charge in [-0.15, -0.1) is 0 Å². The number of rotatable bonds is 8. The lowest BCUT2D eigenvalue weighted by Gasteiger charge is -2.37. The predicted octanol–water partition coefficient (Wildman–Crippen LogP) is 6.31. The SMILES string of the molecule is CC[SiH2]c1ccc(C2CCC([C@H]3CC[C@H](/C=C/CCCF)CC3)CC2)cc1. The fourth-order valence-corrected chi connectivity index (χ4v) is 6.61. The van der Waals surface area contributed by atoms with Crippen LogP contribution in [0.3, 0.4) is 0 Å². The Balaban J connectivity index is 1.40. The molecule has 0 aliphatic heterocycles. The van der Waals surface area contributed by atoms with E-state index in [2.05, 4.69) is 43.3 Å². The van der Waals surface area contributed by atoms with Crippen LogP contribution >= 0.6 is 0 Å². The summed E-state index contributed by atoms with van der Waals surface area (Å²) in [5.41, 5.74) is 1.60. The van der Waals surface area contributed by atoms with Crippen molar-refractivity contribution in [3.05, 3.63) is 42.0 Å². The van der Waals surface area contributed by atoms with Crippen molar-refractivity contribution in [3.63, 3.8) is 0 Å². The van der Waals surface area contributed by atoms with Crippen molar-refractivity contribution in [2.45, 2.75) is 83.1 Å². The molecule has 0 amide bonds. The van der Waals surface area contributed by atoms with E-state index in [0.29, 0.717) is 6.42 Å². The zero-order chi connectivity index (χ0) is 18.9. The molecular formula is C25H39FSi. The lowest BCUT2D eigenvalue weighted by Crippen LogP contribution is -2.25. The molecule has 27 heavy (non-hydrogen) atoms. The fourth-order valence-electron chi connectivity index (χ4n) is 5.46.